The van der Waals surface area contributed by atoms with Gasteiger partial charge in [-0.3, -0.25) is 0 Å². The largest absolute Gasteiger partial charge is 0.487 e. The summed E-state index contributed by atoms with van der Waals surface area (Å²) in [6.45, 7) is 0.539. The Bertz CT molecular complexity index is 441. The summed E-state index contributed by atoms with van der Waals surface area (Å²) in [5.74, 6) is 0.555. The van der Waals surface area contributed by atoms with E-state index in [4.69, 9.17) is 9.47 Å². The number of benzene rings is 1. The van der Waals surface area contributed by atoms with Crippen molar-refractivity contribution in [2.24, 2.45) is 0 Å². The standard InChI is InChI=1S/C15H19FO3/c16-11-1-6-15-10(7-11)8-14(19-15)9-18-13-4-2-12(17)3-5-13/h1,6-7,12-14,17H,2-5,8-9H2. The molecule has 1 saturated carbocycles. The molecule has 2 aliphatic rings. The second-order valence-electron chi connectivity index (χ2n) is 5.46. The van der Waals surface area contributed by atoms with E-state index < -0.39 is 0 Å². The fourth-order valence-electron chi connectivity index (χ4n) is 2.84. The molecule has 1 aliphatic carbocycles. The third kappa shape index (κ3) is 3.07. The Kier molecular flexibility index (Phi) is 3.71. The SMILES string of the molecule is OC1CCC(OCC2Cc3cc(F)ccc3O2)CC1. The third-order valence-electron chi connectivity index (χ3n) is 3.93. The van der Waals surface area contributed by atoms with E-state index in [0.717, 1.165) is 37.0 Å². The maximum absolute atomic E-state index is 13.1. The van der Waals surface area contributed by atoms with Crippen LogP contribution in [0.15, 0.2) is 18.2 Å². The number of aliphatic hydroxyl groups excluding tert-OH is 1. The van der Waals surface area contributed by atoms with Crippen LogP contribution in [-0.2, 0) is 11.2 Å². The van der Waals surface area contributed by atoms with E-state index in [9.17, 15) is 9.50 Å². The van der Waals surface area contributed by atoms with Crippen molar-refractivity contribution in [3.63, 3.8) is 0 Å². The Morgan fingerprint density at radius 1 is 1.26 bits per heavy atom. The summed E-state index contributed by atoms with van der Waals surface area (Å²) in [5.41, 5.74) is 0.924. The zero-order valence-corrected chi connectivity index (χ0v) is 10.8. The van der Waals surface area contributed by atoms with E-state index in [0.29, 0.717) is 13.0 Å². The second kappa shape index (κ2) is 5.47. The molecule has 104 valence electrons. The summed E-state index contributed by atoms with van der Waals surface area (Å²) >= 11 is 0. The number of hydrogen-bond donors (Lipinski definition) is 1. The lowest BCUT2D eigenvalue weighted by atomic mass is 9.95. The Balaban J connectivity index is 1.48. The van der Waals surface area contributed by atoms with E-state index in [-0.39, 0.29) is 24.1 Å². The maximum atomic E-state index is 13.1. The van der Waals surface area contributed by atoms with E-state index >= 15 is 0 Å². The lowest BCUT2D eigenvalue weighted by Crippen LogP contribution is -2.29. The van der Waals surface area contributed by atoms with Crippen LogP contribution < -0.4 is 4.74 Å². The maximum Gasteiger partial charge on any atom is 0.126 e. The molecule has 1 aliphatic heterocycles. The highest BCUT2D eigenvalue weighted by molar-refractivity contribution is 5.37. The molecule has 1 N–H and O–H groups in total. The number of ether oxygens (including phenoxy) is 2. The van der Waals surface area contributed by atoms with Crippen LogP contribution in [0.5, 0.6) is 5.75 Å². The van der Waals surface area contributed by atoms with E-state index in [1.165, 1.54) is 12.1 Å². The highest BCUT2D eigenvalue weighted by Gasteiger charge is 2.26. The fraction of sp³-hybridized carbons (Fsp3) is 0.600. The van der Waals surface area contributed by atoms with Crippen molar-refractivity contribution in [1.29, 1.82) is 0 Å². The van der Waals surface area contributed by atoms with Gasteiger partial charge in [-0.15, -0.1) is 0 Å². The van der Waals surface area contributed by atoms with Gasteiger partial charge in [0.2, 0.25) is 0 Å². The van der Waals surface area contributed by atoms with Crippen molar-refractivity contribution in [3.05, 3.63) is 29.6 Å². The number of rotatable bonds is 3. The lowest BCUT2D eigenvalue weighted by Gasteiger charge is -2.26. The smallest absolute Gasteiger partial charge is 0.126 e. The first kappa shape index (κ1) is 12.9. The summed E-state index contributed by atoms with van der Waals surface area (Å²) in [6, 6.07) is 4.64. The van der Waals surface area contributed by atoms with Crippen LogP contribution in [-0.4, -0.2) is 30.0 Å². The second-order valence-corrected chi connectivity index (χ2v) is 5.46. The van der Waals surface area contributed by atoms with Gasteiger partial charge in [0.05, 0.1) is 18.8 Å². The van der Waals surface area contributed by atoms with Crippen molar-refractivity contribution in [1.82, 2.24) is 0 Å². The molecule has 0 radical (unpaired) electrons. The van der Waals surface area contributed by atoms with Gasteiger partial charge in [0.15, 0.2) is 0 Å². The van der Waals surface area contributed by atoms with E-state index in [2.05, 4.69) is 0 Å². The van der Waals surface area contributed by atoms with Crippen molar-refractivity contribution in [2.75, 3.05) is 6.61 Å². The van der Waals surface area contributed by atoms with Gasteiger partial charge >= 0.3 is 0 Å². The Morgan fingerprint density at radius 3 is 2.84 bits per heavy atom. The van der Waals surface area contributed by atoms with Crippen LogP contribution in [0.3, 0.4) is 0 Å². The molecule has 1 atom stereocenters. The van der Waals surface area contributed by atoms with Gasteiger partial charge in [0.1, 0.15) is 17.7 Å². The molecule has 1 heterocycles. The van der Waals surface area contributed by atoms with Gasteiger partial charge in [-0.25, -0.2) is 4.39 Å². The number of halogens is 1. The van der Waals surface area contributed by atoms with E-state index in [1.54, 1.807) is 6.07 Å². The van der Waals surface area contributed by atoms with Crippen LogP contribution in [0.2, 0.25) is 0 Å². The molecule has 0 amide bonds. The molecule has 4 heteroatoms. The van der Waals surface area contributed by atoms with Gasteiger partial charge in [-0.1, -0.05) is 0 Å². The van der Waals surface area contributed by atoms with Gasteiger partial charge < -0.3 is 14.6 Å². The average molecular weight is 266 g/mol. The molecule has 1 unspecified atom stereocenters. The van der Waals surface area contributed by atoms with Crippen LogP contribution in [0.4, 0.5) is 4.39 Å². The van der Waals surface area contributed by atoms with Crippen molar-refractivity contribution >= 4 is 0 Å². The molecule has 1 aromatic rings. The van der Waals surface area contributed by atoms with E-state index in [1.807, 2.05) is 0 Å². The van der Waals surface area contributed by atoms with Gasteiger partial charge in [-0.05, 0) is 43.9 Å². The molecule has 19 heavy (non-hydrogen) atoms. The van der Waals surface area contributed by atoms with Gasteiger partial charge in [0.25, 0.3) is 0 Å². The molecule has 0 bridgehead atoms. The first-order valence-corrected chi connectivity index (χ1v) is 6.95. The van der Waals surface area contributed by atoms with Crippen LogP contribution in [0.1, 0.15) is 31.2 Å². The monoisotopic (exact) mass is 266 g/mol. The summed E-state index contributed by atoms with van der Waals surface area (Å²) < 4.78 is 24.7. The molecule has 0 saturated heterocycles. The number of aliphatic hydroxyl groups is 1. The minimum Gasteiger partial charge on any atom is -0.487 e. The van der Waals surface area contributed by atoms with Gasteiger partial charge in [-0.2, -0.15) is 0 Å². The minimum atomic E-state index is -0.217. The quantitative estimate of drug-likeness (QED) is 0.913. The topological polar surface area (TPSA) is 38.7 Å². The predicted molar refractivity (Wildman–Crippen MR) is 68.7 cm³/mol. The average Bonchev–Trinajstić information content (AvgIpc) is 2.80. The molecular weight excluding hydrogens is 247 g/mol. The highest BCUT2D eigenvalue weighted by Crippen LogP contribution is 2.30. The fourth-order valence-corrected chi connectivity index (χ4v) is 2.84. The zero-order chi connectivity index (χ0) is 13.2. The van der Waals surface area contributed by atoms with Crippen molar-refractivity contribution in [3.8, 4) is 5.75 Å². The zero-order valence-electron chi connectivity index (χ0n) is 10.8. The third-order valence-corrected chi connectivity index (χ3v) is 3.93. The lowest BCUT2D eigenvalue weighted by molar-refractivity contribution is -0.0296. The van der Waals surface area contributed by atoms with Crippen molar-refractivity contribution in [2.45, 2.75) is 50.4 Å². The Morgan fingerprint density at radius 2 is 2.05 bits per heavy atom. The molecule has 3 nitrogen and oxygen atoms in total. The molecule has 0 spiro atoms. The van der Waals surface area contributed by atoms with Crippen LogP contribution in [0, 0.1) is 5.82 Å². The first-order valence-electron chi connectivity index (χ1n) is 6.95. The number of hydrogen-bond acceptors (Lipinski definition) is 3. The first-order chi connectivity index (χ1) is 9.20. The normalized spacial score (nSPS) is 29.9. The molecular formula is C15H19FO3. The number of fused-ring (bicyclic) bond motifs is 1. The summed E-state index contributed by atoms with van der Waals surface area (Å²) in [6.07, 6.45) is 4.24. The molecule has 0 aromatic heterocycles. The Labute approximate surface area is 112 Å². The summed E-state index contributed by atoms with van der Waals surface area (Å²) in [5, 5.41) is 9.44. The summed E-state index contributed by atoms with van der Waals surface area (Å²) in [4.78, 5) is 0. The highest BCUT2D eigenvalue weighted by atomic mass is 19.1. The molecule has 3 rings (SSSR count). The predicted octanol–water partition coefficient (Wildman–Crippen LogP) is 2.45. The minimum absolute atomic E-state index is 0.0105. The summed E-state index contributed by atoms with van der Waals surface area (Å²) in [7, 11) is 0. The molecule has 1 fully saturated rings. The van der Waals surface area contributed by atoms with Gasteiger partial charge in [0, 0.05) is 12.0 Å². The Hall–Kier alpha value is -1.13. The van der Waals surface area contributed by atoms with Crippen molar-refractivity contribution < 1.29 is 19.0 Å². The molecule has 1 aromatic carbocycles. The van der Waals surface area contributed by atoms with Crippen LogP contribution >= 0.6 is 0 Å². The van der Waals surface area contributed by atoms with Crippen LogP contribution in [0.25, 0.3) is 0 Å².